The molecule has 0 saturated carbocycles. The zero-order valence-corrected chi connectivity index (χ0v) is 30.9. The number of rotatable bonds is 14. The number of anilines is 2. The van der Waals surface area contributed by atoms with E-state index in [1.54, 1.807) is 36.0 Å². The molecule has 0 bridgehead atoms. The number of piperazine rings is 1. The van der Waals surface area contributed by atoms with Crippen LogP contribution in [-0.4, -0.2) is 74.2 Å². The average Bonchev–Trinajstić information content (AvgIpc) is 3.17. The smallest absolute Gasteiger partial charge is 0.406 e. The molecule has 1 amide bonds. The fourth-order valence-electron chi connectivity index (χ4n) is 6.10. The first kappa shape index (κ1) is 39.1. The quantitative estimate of drug-likeness (QED) is 0.0585. The van der Waals surface area contributed by atoms with E-state index >= 15 is 0 Å². The number of thioether (sulfide) groups is 1. The summed E-state index contributed by atoms with van der Waals surface area (Å²) >= 11 is 1.59. The van der Waals surface area contributed by atoms with Crippen molar-refractivity contribution in [1.29, 1.82) is 0 Å². The third-order valence-corrected chi connectivity index (χ3v) is 11.2. The van der Waals surface area contributed by atoms with Gasteiger partial charge in [-0.15, -0.1) is 24.9 Å². The van der Waals surface area contributed by atoms with Crippen LogP contribution in [0.25, 0.3) is 11.1 Å². The topological polar surface area (TPSA) is 131 Å². The predicted molar refractivity (Wildman–Crippen MR) is 204 cm³/mol. The van der Waals surface area contributed by atoms with E-state index in [0.717, 1.165) is 46.4 Å². The predicted octanol–water partition coefficient (Wildman–Crippen LogP) is 7.70. The molecule has 6 rings (SSSR count). The van der Waals surface area contributed by atoms with Crippen LogP contribution in [0, 0.1) is 4.91 Å². The van der Waals surface area contributed by atoms with E-state index in [1.807, 2.05) is 59.3 Å². The highest BCUT2D eigenvalue weighted by molar-refractivity contribution is 7.99. The number of sulfonamides is 1. The van der Waals surface area contributed by atoms with Crippen molar-refractivity contribution in [3.63, 3.8) is 0 Å². The van der Waals surface area contributed by atoms with Gasteiger partial charge in [0.05, 0.1) is 9.80 Å². The molecule has 1 aliphatic heterocycles. The third kappa shape index (κ3) is 10.6. The Balaban J connectivity index is 1.02. The van der Waals surface area contributed by atoms with Crippen LogP contribution >= 0.6 is 11.8 Å². The Morgan fingerprint density at radius 3 is 2.20 bits per heavy atom. The largest absolute Gasteiger partial charge is 0.573 e. The van der Waals surface area contributed by atoms with Crippen LogP contribution in [-0.2, 0) is 16.6 Å². The summed E-state index contributed by atoms with van der Waals surface area (Å²) in [6.07, 6.45) is -4.76. The Labute approximate surface area is 320 Å². The summed E-state index contributed by atoms with van der Waals surface area (Å²) in [5, 5.41) is 12.7. The Kier molecular flexibility index (Phi) is 12.3. The molecule has 0 radical (unpaired) electrons. The number of hydrogen-bond donors (Lipinski definition) is 3. The maximum Gasteiger partial charge on any atom is 0.573 e. The summed E-state index contributed by atoms with van der Waals surface area (Å²) in [5.74, 6) is -0.496. The molecule has 0 atom stereocenters. The van der Waals surface area contributed by atoms with Crippen LogP contribution in [0.5, 0.6) is 5.75 Å². The zero-order chi connectivity index (χ0) is 39.0. The minimum Gasteiger partial charge on any atom is -0.406 e. The number of carbonyl (C=O) groups is 1. The van der Waals surface area contributed by atoms with E-state index in [4.69, 9.17) is 0 Å². The van der Waals surface area contributed by atoms with Gasteiger partial charge in [0.25, 0.3) is 20.9 Å². The molecule has 5 aromatic rings. The monoisotopic (exact) mass is 792 g/mol. The standard InChI is InChI=1S/C39H36F3N5O6S2/c40-39(41,42)53-32-16-12-28(13-17-32)35-9-5-4-6-30(35)27-45-21-23-46(24-22-45)31-14-10-29(11-15-31)38(48)44-55(51,52)34-18-19-36(37(26-34)47(49)50)43-20-25-54-33-7-2-1-3-8-33/h1-19,26,43H,20-25,27H2,(H-,44,48,49,50)/p+1. The highest BCUT2D eigenvalue weighted by atomic mass is 32.2. The second kappa shape index (κ2) is 17.3. The Morgan fingerprint density at radius 2 is 1.53 bits per heavy atom. The summed E-state index contributed by atoms with van der Waals surface area (Å²) in [5.41, 5.74) is 3.60. The molecule has 286 valence electrons. The van der Waals surface area contributed by atoms with Crippen molar-refractivity contribution in [3.05, 3.63) is 137 Å². The van der Waals surface area contributed by atoms with E-state index in [9.17, 15) is 36.5 Å². The van der Waals surface area contributed by atoms with Gasteiger partial charge in [0.1, 0.15) is 11.4 Å². The number of hydrogen-bond acceptors (Lipinski definition) is 9. The molecule has 1 heterocycles. The second-order valence-corrected chi connectivity index (χ2v) is 15.4. The van der Waals surface area contributed by atoms with Crippen molar-refractivity contribution < 1.29 is 41.3 Å². The van der Waals surface area contributed by atoms with Gasteiger partial charge in [-0.1, -0.05) is 54.6 Å². The molecule has 0 unspecified atom stereocenters. The molecule has 5 aromatic carbocycles. The van der Waals surface area contributed by atoms with Crippen LogP contribution in [0.15, 0.2) is 131 Å². The van der Waals surface area contributed by atoms with E-state index < -0.39 is 27.2 Å². The Hall–Kier alpha value is -5.58. The first-order valence-electron chi connectivity index (χ1n) is 17.2. The second-order valence-electron chi connectivity index (χ2n) is 12.5. The minimum absolute atomic E-state index is 0.114. The molecule has 0 aliphatic carbocycles. The van der Waals surface area contributed by atoms with Gasteiger partial charge in [0.15, 0.2) is 0 Å². The highest BCUT2D eigenvalue weighted by Gasteiger charge is 2.31. The van der Waals surface area contributed by atoms with Gasteiger partial charge in [0.2, 0.25) is 0 Å². The molecule has 11 nitrogen and oxygen atoms in total. The van der Waals surface area contributed by atoms with Gasteiger partial charge in [0, 0.05) is 67.2 Å². The normalized spacial score (nSPS) is 13.6. The van der Waals surface area contributed by atoms with E-state index in [2.05, 4.69) is 19.9 Å². The first-order valence-corrected chi connectivity index (χ1v) is 19.6. The van der Waals surface area contributed by atoms with E-state index in [0.29, 0.717) is 31.9 Å². The molecular formula is C39H37F3N5O6S2+. The average molecular weight is 793 g/mol. The maximum absolute atomic E-state index is 13.1. The van der Waals surface area contributed by atoms with Gasteiger partial charge in [-0.2, -0.15) is 0 Å². The van der Waals surface area contributed by atoms with Crippen molar-refractivity contribution in [2.24, 2.45) is 0 Å². The molecule has 1 saturated heterocycles. The fourth-order valence-corrected chi connectivity index (χ4v) is 7.89. The van der Waals surface area contributed by atoms with Gasteiger partial charge in [-0.25, -0.2) is 18.3 Å². The van der Waals surface area contributed by atoms with Gasteiger partial charge in [-0.05, 0) is 77.4 Å². The molecule has 1 aliphatic rings. The lowest BCUT2D eigenvalue weighted by molar-refractivity contribution is -0.729. The molecule has 3 N–H and O–H groups in total. The van der Waals surface area contributed by atoms with Gasteiger partial charge >= 0.3 is 12.0 Å². The third-order valence-electron chi connectivity index (χ3n) is 8.82. The summed E-state index contributed by atoms with van der Waals surface area (Å²) in [6, 6.07) is 33.4. The van der Waals surface area contributed by atoms with E-state index in [1.165, 1.54) is 36.4 Å². The van der Waals surface area contributed by atoms with Crippen LogP contribution in [0.3, 0.4) is 0 Å². The van der Waals surface area contributed by atoms with Crippen molar-refractivity contribution >= 4 is 44.8 Å². The number of benzene rings is 5. The number of amides is 1. The molecule has 55 heavy (non-hydrogen) atoms. The summed E-state index contributed by atoms with van der Waals surface area (Å²) in [7, 11) is -4.40. The molecular weight excluding hydrogens is 756 g/mol. The lowest BCUT2D eigenvalue weighted by Gasteiger charge is -2.36. The van der Waals surface area contributed by atoms with Crippen LogP contribution in [0.4, 0.5) is 30.2 Å². The number of halogens is 3. The number of ether oxygens (including phenoxy) is 1. The Bertz CT molecular complexity index is 2220. The maximum atomic E-state index is 13.1. The van der Waals surface area contributed by atoms with E-state index in [-0.39, 0.29) is 27.6 Å². The van der Waals surface area contributed by atoms with Crippen molar-refractivity contribution in [1.82, 2.24) is 9.62 Å². The van der Waals surface area contributed by atoms with Gasteiger partial charge < -0.3 is 15.0 Å². The molecule has 16 heteroatoms. The van der Waals surface area contributed by atoms with Crippen LogP contribution in [0.1, 0.15) is 15.9 Å². The van der Waals surface area contributed by atoms with Crippen molar-refractivity contribution in [3.8, 4) is 16.9 Å². The summed E-state index contributed by atoms with van der Waals surface area (Å²) < 4.78 is 70.1. The summed E-state index contributed by atoms with van der Waals surface area (Å²) in [4.78, 5) is 29.6. The summed E-state index contributed by atoms with van der Waals surface area (Å²) in [6.45, 7) is 3.89. The number of nitrogens with one attached hydrogen (secondary N) is 2. The number of alkyl halides is 3. The number of nitrogens with zero attached hydrogens (tertiary/aromatic N) is 3. The van der Waals surface area contributed by atoms with Crippen LogP contribution in [0.2, 0.25) is 0 Å². The molecule has 1 fully saturated rings. The first-order chi connectivity index (χ1) is 26.3. The minimum atomic E-state index is -4.76. The van der Waals surface area contributed by atoms with Crippen LogP contribution < -0.4 is 19.7 Å². The van der Waals surface area contributed by atoms with Crippen molar-refractivity contribution in [2.75, 3.05) is 48.7 Å². The lowest BCUT2D eigenvalue weighted by atomic mass is 9.99. The van der Waals surface area contributed by atoms with Crippen molar-refractivity contribution in [2.45, 2.75) is 22.7 Å². The SMILES string of the molecule is O=C(NS(=O)(=O)c1ccc(NCCSc2ccccc2)c([N+](=O)O)c1)c1ccc(N2CCN(Cc3ccccc3-c3ccc(OC(F)(F)F)cc3)CC2)cc1. The lowest BCUT2D eigenvalue weighted by Crippen LogP contribution is -2.46. The van der Waals surface area contributed by atoms with Gasteiger partial charge in [-0.3, -0.25) is 9.69 Å². The molecule has 0 spiro atoms. The highest BCUT2D eigenvalue weighted by Crippen LogP contribution is 2.31. The zero-order valence-electron chi connectivity index (χ0n) is 29.3. The number of carbonyl (C=O) groups excluding carboxylic acids is 1. The Morgan fingerprint density at radius 1 is 0.855 bits per heavy atom. The fraction of sp³-hybridized carbons (Fsp3) is 0.205. The molecule has 0 aromatic heterocycles.